The molecule has 0 aliphatic rings. The summed E-state index contributed by atoms with van der Waals surface area (Å²) in [5, 5.41) is 14.5. The second-order valence-corrected chi connectivity index (χ2v) is 7.17. The highest BCUT2D eigenvalue weighted by Crippen LogP contribution is 2.14. The van der Waals surface area contributed by atoms with Crippen molar-refractivity contribution < 1.29 is 4.79 Å². The number of rotatable bonds is 6. The molecule has 2 rings (SSSR count). The van der Waals surface area contributed by atoms with E-state index in [2.05, 4.69) is 31.0 Å². The second kappa shape index (κ2) is 7.96. The average molecular weight is 346 g/mol. The number of carbonyl (C=O) groups excluding carboxylic acids is 1. The molecular weight excluding hydrogens is 324 g/mol. The lowest BCUT2D eigenvalue weighted by molar-refractivity contribution is -0.119. The van der Waals surface area contributed by atoms with Crippen molar-refractivity contribution in [2.45, 2.75) is 38.4 Å². The summed E-state index contributed by atoms with van der Waals surface area (Å²) in [5.41, 5.74) is 4.46. The van der Waals surface area contributed by atoms with E-state index in [-0.39, 0.29) is 17.2 Å². The molecule has 1 aromatic heterocycles. The maximum absolute atomic E-state index is 11.8. The highest BCUT2D eigenvalue weighted by atomic mass is 32.2. The van der Waals surface area contributed by atoms with Gasteiger partial charge in [0.05, 0.1) is 11.5 Å². The lowest BCUT2D eigenvalue weighted by Crippen LogP contribution is -2.41. The summed E-state index contributed by atoms with van der Waals surface area (Å²) in [6, 6.07) is 9.84. The molecule has 0 aliphatic heterocycles. The Morgan fingerprint density at radius 2 is 2.00 bits per heavy atom. The summed E-state index contributed by atoms with van der Waals surface area (Å²) in [6.07, 6.45) is 0. The number of thioether (sulfide) groups is 1. The number of H-pyrrole nitrogens is 1. The summed E-state index contributed by atoms with van der Waals surface area (Å²) in [6.45, 7) is 7.73. The number of benzene rings is 1. The Bertz CT molecular complexity index is 705. The number of carbonyl (C=O) groups is 1. The van der Waals surface area contributed by atoms with Crippen LogP contribution in [-0.2, 0) is 4.79 Å². The number of aromatic amines is 1. The third kappa shape index (κ3) is 6.04. The van der Waals surface area contributed by atoms with Crippen molar-refractivity contribution in [2.24, 2.45) is 5.10 Å². The van der Waals surface area contributed by atoms with Gasteiger partial charge in [0, 0.05) is 5.54 Å². The van der Waals surface area contributed by atoms with Crippen LogP contribution >= 0.6 is 11.8 Å². The molecule has 7 nitrogen and oxygen atoms in total. The van der Waals surface area contributed by atoms with E-state index in [9.17, 15) is 4.79 Å². The van der Waals surface area contributed by atoms with E-state index in [0.29, 0.717) is 11.1 Å². The molecule has 1 heterocycles. The van der Waals surface area contributed by atoms with Gasteiger partial charge in [-0.3, -0.25) is 4.79 Å². The fraction of sp³-hybridized carbons (Fsp3) is 0.375. The van der Waals surface area contributed by atoms with Crippen molar-refractivity contribution in [3.05, 3.63) is 35.9 Å². The Hall–Kier alpha value is -2.35. The third-order valence-electron chi connectivity index (χ3n) is 2.83. The molecule has 0 fully saturated rings. The van der Waals surface area contributed by atoms with Crippen molar-refractivity contribution in [3.63, 3.8) is 0 Å². The summed E-state index contributed by atoms with van der Waals surface area (Å²) in [5.74, 6) is 0.648. The Balaban J connectivity index is 1.86. The minimum atomic E-state index is -0.243. The lowest BCUT2D eigenvalue weighted by Gasteiger charge is -2.19. The van der Waals surface area contributed by atoms with Crippen LogP contribution in [0, 0.1) is 0 Å². The highest BCUT2D eigenvalue weighted by molar-refractivity contribution is 7.99. The first kappa shape index (κ1) is 18.0. The zero-order chi connectivity index (χ0) is 17.6. The van der Waals surface area contributed by atoms with E-state index >= 15 is 0 Å². The van der Waals surface area contributed by atoms with Crippen LogP contribution in [0.25, 0.3) is 0 Å². The minimum absolute atomic E-state index is 0.0512. The predicted octanol–water partition coefficient (Wildman–Crippen LogP) is 2.65. The van der Waals surface area contributed by atoms with Crippen LogP contribution in [-0.4, -0.2) is 38.1 Å². The number of nitrogens with zero attached hydrogens (tertiary/aromatic N) is 3. The number of anilines is 1. The van der Waals surface area contributed by atoms with Gasteiger partial charge in [0.2, 0.25) is 17.0 Å². The Kier molecular flexibility index (Phi) is 5.97. The zero-order valence-corrected chi connectivity index (χ0v) is 15.1. The van der Waals surface area contributed by atoms with Gasteiger partial charge >= 0.3 is 0 Å². The molecule has 0 saturated heterocycles. The molecule has 0 unspecified atom stereocenters. The predicted molar refractivity (Wildman–Crippen MR) is 97.3 cm³/mol. The van der Waals surface area contributed by atoms with Gasteiger partial charge < -0.3 is 5.32 Å². The molecule has 0 bridgehead atoms. The van der Waals surface area contributed by atoms with Crippen molar-refractivity contribution in [1.82, 2.24) is 20.5 Å². The number of aromatic nitrogens is 3. The van der Waals surface area contributed by atoms with Gasteiger partial charge in [-0.1, -0.05) is 42.1 Å². The van der Waals surface area contributed by atoms with Crippen molar-refractivity contribution in [2.75, 3.05) is 11.2 Å². The van der Waals surface area contributed by atoms with Crippen LogP contribution < -0.4 is 10.7 Å². The van der Waals surface area contributed by atoms with E-state index in [0.717, 1.165) is 11.3 Å². The minimum Gasteiger partial charge on any atom is -0.351 e. The number of nitrogens with one attached hydrogen (secondary N) is 3. The van der Waals surface area contributed by atoms with Gasteiger partial charge in [-0.2, -0.15) is 10.1 Å². The number of hydrogen-bond acceptors (Lipinski definition) is 6. The van der Waals surface area contributed by atoms with Crippen LogP contribution in [0.5, 0.6) is 0 Å². The molecule has 3 N–H and O–H groups in total. The topological polar surface area (TPSA) is 95.1 Å². The number of hydrazone groups is 1. The average Bonchev–Trinajstić information content (AvgIpc) is 2.98. The van der Waals surface area contributed by atoms with Crippen LogP contribution in [0.4, 0.5) is 5.95 Å². The molecule has 1 aromatic carbocycles. The first-order valence-electron chi connectivity index (χ1n) is 7.55. The highest BCUT2D eigenvalue weighted by Gasteiger charge is 2.14. The first-order valence-corrected chi connectivity index (χ1v) is 8.54. The smallest absolute Gasteiger partial charge is 0.240 e. The molecular formula is C16H22N6OS. The molecule has 128 valence electrons. The second-order valence-electron chi connectivity index (χ2n) is 6.23. The molecule has 24 heavy (non-hydrogen) atoms. The fourth-order valence-electron chi connectivity index (χ4n) is 1.83. The normalized spacial score (nSPS) is 12.1. The quantitative estimate of drug-likeness (QED) is 0.425. The number of amides is 1. The molecule has 8 heteroatoms. The van der Waals surface area contributed by atoms with Gasteiger partial charge in [0.1, 0.15) is 0 Å². The van der Waals surface area contributed by atoms with E-state index in [1.807, 2.05) is 58.0 Å². The van der Waals surface area contributed by atoms with Crippen LogP contribution in [0.15, 0.2) is 40.6 Å². The zero-order valence-electron chi connectivity index (χ0n) is 14.3. The van der Waals surface area contributed by atoms with Gasteiger partial charge in [-0.05, 0) is 33.3 Å². The lowest BCUT2D eigenvalue weighted by atomic mass is 10.1. The van der Waals surface area contributed by atoms with Gasteiger partial charge in [-0.25, -0.2) is 10.5 Å². The largest absolute Gasteiger partial charge is 0.351 e. The maximum Gasteiger partial charge on any atom is 0.240 e. The van der Waals surface area contributed by atoms with Crippen molar-refractivity contribution in [3.8, 4) is 0 Å². The van der Waals surface area contributed by atoms with Gasteiger partial charge in [0.25, 0.3) is 0 Å². The summed E-state index contributed by atoms with van der Waals surface area (Å²) in [7, 11) is 0. The molecule has 0 spiro atoms. The van der Waals surface area contributed by atoms with E-state index in [1.165, 1.54) is 11.8 Å². The van der Waals surface area contributed by atoms with E-state index < -0.39 is 0 Å². The standard InChI is InChI=1S/C16H22N6OS/c1-11(12-8-6-5-7-9-12)19-20-14-17-15(22-21-14)24-10-13(23)18-16(2,3)4/h5-9H,10H2,1-4H3,(H,18,23)(H2,17,20,21,22)/b19-11+. The van der Waals surface area contributed by atoms with E-state index in [1.54, 1.807) is 0 Å². The maximum atomic E-state index is 11.8. The fourth-order valence-corrected chi connectivity index (χ4v) is 2.42. The summed E-state index contributed by atoms with van der Waals surface area (Å²) < 4.78 is 0. The van der Waals surface area contributed by atoms with Crippen LogP contribution in [0.1, 0.15) is 33.3 Å². The van der Waals surface area contributed by atoms with Gasteiger partial charge in [-0.15, -0.1) is 5.10 Å². The Morgan fingerprint density at radius 1 is 1.29 bits per heavy atom. The molecule has 0 atom stereocenters. The SMILES string of the molecule is C/C(=N\Nc1nc(SCC(=O)NC(C)(C)C)n[nH]1)c1ccccc1. The van der Waals surface area contributed by atoms with E-state index in [4.69, 9.17) is 0 Å². The first-order chi connectivity index (χ1) is 11.3. The van der Waals surface area contributed by atoms with Crippen LogP contribution in [0.2, 0.25) is 0 Å². The van der Waals surface area contributed by atoms with Gasteiger partial charge in [0.15, 0.2) is 0 Å². The monoisotopic (exact) mass is 346 g/mol. The van der Waals surface area contributed by atoms with Crippen molar-refractivity contribution in [1.29, 1.82) is 0 Å². The third-order valence-corrected chi connectivity index (χ3v) is 3.68. The number of hydrogen-bond donors (Lipinski definition) is 3. The summed E-state index contributed by atoms with van der Waals surface area (Å²) in [4.78, 5) is 16.0. The van der Waals surface area contributed by atoms with Crippen molar-refractivity contribution >= 4 is 29.3 Å². The Morgan fingerprint density at radius 3 is 2.67 bits per heavy atom. The molecule has 0 saturated carbocycles. The molecule has 0 aliphatic carbocycles. The Labute approximate surface area is 145 Å². The van der Waals surface area contributed by atoms with Crippen LogP contribution in [0.3, 0.4) is 0 Å². The summed E-state index contributed by atoms with van der Waals surface area (Å²) >= 11 is 1.27. The molecule has 2 aromatic rings. The molecule has 0 radical (unpaired) electrons. The molecule has 1 amide bonds.